The van der Waals surface area contributed by atoms with Gasteiger partial charge in [0.1, 0.15) is 12.4 Å². The van der Waals surface area contributed by atoms with Gasteiger partial charge in [-0.15, -0.1) is 0 Å². The van der Waals surface area contributed by atoms with E-state index in [2.05, 4.69) is 6.92 Å². The number of hydrogen-bond donors (Lipinski definition) is 0. The zero-order valence-electron chi connectivity index (χ0n) is 12.9. The van der Waals surface area contributed by atoms with E-state index in [9.17, 15) is 14.0 Å². The molecule has 0 radical (unpaired) electrons. The summed E-state index contributed by atoms with van der Waals surface area (Å²) in [4.78, 5) is 26.9. The van der Waals surface area contributed by atoms with Gasteiger partial charge < -0.3 is 9.80 Å². The summed E-state index contributed by atoms with van der Waals surface area (Å²) in [5.74, 6) is -0.569. The number of likely N-dealkylation sites (N-methyl/N-ethyl adjacent to an activating group) is 1. The molecule has 0 heterocycles. The van der Waals surface area contributed by atoms with Crippen LogP contribution in [-0.4, -0.2) is 41.8 Å². The summed E-state index contributed by atoms with van der Waals surface area (Å²) in [6, 6.07) is 5.94. The van der Waals surface area contributed by atoms with E-state index in [1.807, 2.05) is 0 Å². The first kappa shape index (κ1) is 17.1. The van der Waals surface area contributed by atoms with Gasteiger partial charge in [0, 0.05) is 27.1 Å². The summed E-state index contributed by atoms with van der Waals surface area (Å²) in [6.07, 6.45) is 1.96. The molecule has 1 aromatic carbocycles. The van der Waals surface area contributed by atoms with Crippen molar-refractivity contribution in [3.05, 3.63) is 35.6 Å². The van der Waals surface area contributed by atoms with Crippen molar-refractivity contribution in [1.82, 2.24) is 9.80 Å². The second kappa shape index (κ2) is 8.39. The summed E-state index contributed by atoms with van der Waals surface area (Å²) in [7, 11) is 1.74. The first-order valence-corrected chi connectivity index (χ1v) is 7.18. The maximum absolute atomic E-state index is 12.9. The highest BCUT2D eigenvalue weighted by Gasteiger charge is 2.16. The number of carbonyl (C=O) groups is 2. The number of rotatable bonds is 7. The van der Waals surface area contributed by atoms with Gasteiger partial charge in [-0.05, 0) is 24.1 Å². The lowest BCUT2D eigenvalue weighted by Crippen LogP contribution is -2.40. The molecule has 0 fully saturated rings. The number of halogens is 1. The summed E-state index contributed by atoms with van der Waals surface area (Å²) in [6.45, 7) is 4.55. The van der Waals surface area contributed by atoms with Gasteiger partial charge in [-0.1, -0.05) is 25.5 Å². The van der Waals surface area contributed by atoms with Gasteiger partial charge >= 0.3 is 0 Å². The van der Waals surface area contributed by atoms with Crippen molar-refractivity contribution in [3.63, 3.8) is 0 Å². The Hall–Kier alpha value is -1.91. The van der Waals surface area contributed by atoms with Crippen LogP contribution in [-0.2, 0) is 16.1 Å². The van der Waals surface area contributed by atoms with Crippen molar-refractivity contribution in [2.45, 2.75) is 33.2 Å². The van der Waals surface area contributed by atoms with Crippen LogP contribution < -0.4 is 0 Å². The monoisotopic (exact) mass is 294 g/mol. The lowest BCUT2D eigenvalue weighted by Gasteiger charge is -2.24. The van der Waals surface area contributed by atoms with Crippen LogP contribution in [0.1, 0.15) is 32.3 Å². The van der Waals surface area contributed by atoms with Crippen molar-refractivity contribution < 1.29 is 14.0 Å². The second-order valence-electron chi connectivity index (χ2n) is 5.17. The largest absolute Gasteiger partial charge is 0.344 e. The van der Waals surface area contributed by atoms with Crippen LogP contribution in [0.2, 0.25) is 0 Å². The average Bonchev–Trinajstić information content (AvgIpc) is 2.45. The zero-order valence-corrected chi connectivity index (χ0v) is 12.9. The van der Waals surface area contributed by atoms with Gasteiger partial charge in [-0.2, -0.15) is 0 Å². The highest BCUT2D eigenvalue weighted by molar-refractivity contribution is 5.83. The average molecular weight is 294 g/mol. The van der Waals surface area contributed by atoms with Crippen molar-refractivity contribution in [2.75, 3.05) is 20.1 Å². The van der Waals surface area contributed by atoms with Gasteiger partial charge in [-0.25, -0.2) is 4.39 Å². The Morgan fingerprint density at radius 1 is 1.19 bits per heavy atom. The third kappa shape index (κ3) is 5.94. The molecule has 5 heteroatoms. The smallest absolute Gasteiger partial charge is 0.241 e. The third-order valence-electron chi connectivity index (χ3n) is 3.33. The van der Waals surface area contributed by atoms with Crippen molar-refractivity contribution in [3.8, 4) is 0 Å². The molecule has 4 nitrogen and oxygen atoms in total. The Bertz CT molecular complexity index is 474. The molecule has 0 aliphatic carbocycles. The van der Waals surface area contributed by atoms with Gasteiger partial charge in [0.05, 0.1) is 0 Å². The molecule has 2 amide bonds. The Kier molecular flexibility index (Phi) is 6.85. The Balaban J connectivity index is 2.63. The first-order valence-electron chi connectivity index (χ1n) is 7.18. The molecule has 0 saturated heterocycles. The Morgan fingerprint density at radius 3 is 2.33 bits per heavy atom. The molecular formula is C16H23FN2O2. The molecule has 0 spiro atoms. The summed E-state index contributed by atoms with van der Waals surface area (Å²) in [5, 5.41) is 0. The highest BCUT2D eigenvalue weighted by Crippen LogP contribution is 2.07. The minimum atomic E-state index is -0.316. The van der Waals surface area contributed by atoms with E-state index >= 15 is 0 Å². The number of unbranched alkanes of at least 4 members (excludes halogenated alkanes) is 1. The predicted octanol–water partition coefficient (Wildman–Crippen LogP) is 2.43. The molecule has 0 atom stereocenters. The van der Waals surface area contributed by atoms with Crippen LogP contribution in [0.4, 0.5) is 4.39 Å². The van der Waals surface area contributed by atoms with Crippen molar-refractivity contribution in [1.29, 1.82) is 0 Å². The molecular weight excluding hydrogens is 271 g/mol. The van der Waals surface area contributed by atoms with Gasteiger partial charge in [-0.3, -0.25) is 9.59 Å². The van der Waals surface area contributed by atoms with Crippen LogP contribution in [0.25, 0.3) is 0 Å². The first-order chi connectivity index (χ1) is 9.93. The van der Waals surface area contributed by atoms with Crippen molar-refractivity contribution in [2.24, 2.45) is 0 Å². The fourth-order valence-corrected chi connectivity index (χ4v) is 1.89. The molecule has 0 saturated carbocycles. The van der Waals surface area contributed by atoms with E-state index in [0.717, 1.165) is 18.4 Å². The molecule has 0 aromatic heterocycles. The maximum Gasteiger partial charge on any atom is 0.241 e. The molecule has 116 valence electrons. The molecule has 0 unspecified atom stereocenters. The Labute approximate surface area is 125 Å². The van der Waals surface area contributed by atoms with Crippen LogP contribution >= 0.6 is 0 Å². The second-order valence-corrected chi connectivity index (χ2v) is 5.17. The van der Waals surface area contributed by atoms with Crippen LogP contribution in [0, 0.1) is 5.82 Å². The minimum Gasteiger partial charge on any atom is -0.344 e. The number of amides is 2. The van der Waals surface area contributed by atoms with E-state index in [1.165, 1.54) is 24.0 Å². The minimum absolute atomic E-state index is 0.0485. The molecule has 0 N–H and O–H groups in total. The SMILES string of the molecule is CCCCN(C)C(=O)CN(Cc1ccc(F)cc1)C(C)=O. The molecule has 0 bridgehead atoms. The maximum atomic E-state index is 12.9. The highest BCUT2D eigenvalue weighted by atomic mass is 19.1. The molecule has 0 aliphatic heterocycles. The van der Waals surface area contributed by atoms with E-state index in [1.54, 1.807) is 24.1 Å². The normalized spacial score (nSPS) is 10.3. The summed E-state index contributed by atoms with van der Waals surface area (Å²) >= 11 is 0. The van der Waals surface area contributed by atoms with Crippen molar-refractivity contribution >= 4 is 11.8 Å². The lowest BCUT2D eigenvalue weighted by atomic mass is 10.2. The van der Waals surface area contributed by atoms with E-state index in [-0.39, 0.29) is 24.2 Å². The number of hydrogen-bond acceptors (Lipinski definition) is 2. The fourth-order valence-electron chi connectivity index (χ4n) is 1.89. The topological polar surface area (TPSA) is 40.6 Å². The Morgan fingerprint density at radius 2 is 1.81 bits per heavy atom. The van der Waals surface area contributed by atoms with Crippen LogP contribution in [0.5, 0.6) is 0 Å². The standard InChI is InChI=1S/C16H23FN2O2/c1-4-5-10-18(3)16(21)12-19(13(2)20)11-14-6-8-15(17)9-7-14/h6-9H,4-5,10-12H2,1-3H3. The van der Waals surface area contributed by atoms with Crippen LogP contribution in [0.3, 0.4) is 0 Å². The number of nitrogens with zero attached hydrogens (tertiary/aromatic N) is 2. The third-order valence-corrected chi connectivity index (χ3v) is 3.33. The van der Waals surface area contributed by atoms with Gasteiger partial charge in [0.15, 0.2) is 0 Å². The number of benzene rings is 1. The quantitative estimate of drug-likeness (QED) is 0.775. The summed E-state index contributed by atoms with van der Waals surface area (Å²) < 4.78 is 12.9. The summed E-state index contributed by atoms with van der Waals surface area (Å²) in [5.41, 5.74) is 0.801. The molecule has 1 aromatic rings. The van der Waals surface area contributed by atoms with Gasteiger partial charge in [0.25, 0.3) is 0 Å². The fraction of sp³-hybridized carbons (Fsp3) is 0.500. The lowest BCUT2D eigenvalue weighted by molar-refractivity contribution is -0.139. The molecule has 21 heavy (non-hydrogen) atoms. The van der Waals surface area contributed by atoms with Crippen LogP contribution in [0.15, 0.2) is 24.3 Å². The molecule has 1 rings (SSSR count). The number of carbonyl (C=O) groups excluding carboxylic acids is 2. The van der Waals surface area contributed by atoms with E-state index < -0.39 is 0 Å². The predicted molar refractivity (Wildman–Crippen MR) is 80.0 cm³/mol. The molecule has 0 aliphatic rings. The van der Waals surface area contributed by atoms with E-state index in [0.29, 0.717) is 13.1 Å². The zero-order chi connectivity index (χ0) is 15.8. The van der Waals surface area contributed by atoms with Gasteiger partial charge in [0.2, 0.25) is 11.8 Å². The van der Waals surface area contributed by atoms with E-state index in [4.69, 9.17) is 0 Å².